The van der Waals surface area contributed by atoms with Gasteiger partial charge in [0.25, 0.3) is 0 Å². The summed E-state index contributed by atoms with van der Waals surface area (Å²) >= 11 is 5.32. The van der Waals surface area contributed by atoms with Crippen molar-refractivity contribution >= 4 is 27.3 Å². The van der Waals surface area contributed by atoms with Crippen molar-refractivity contribution in [2.75, 3.05) is 19.8 Å². The number of hydrogen-bond acceptors (Lipinski definition) is 3. The molecule has 0 aliphatic carbocycles. The normalized spacial score (nSPS) is 12.9. The second-order valence-electron chi connectivity index (χ2n) is 4.14. The van der Waals surface area contributed by atoms with Gasteiger partial charge in [0, 0.05) is 17.5 Å². The maximum absolute atomic E-state index is 5.65. The van der Waals surface area contributed by atoms with E-state index in [9.17, 15) is 0 Å². The van der Waals surface area contributed by atoms with Crippen LogP contribution in [-0.4, -0.2) is 25.8 Å². The summed E-state index contributed by atoms with van der Waals surface area (Å²) in [6.07, 6.45) is 3.31. The highest BCUT2D eigenvalue weighted by atomic mass is 79.9. The van der Waals surface area contributed by atoms with Gasteiger partial charge in [0.15, 0.2) is 0 Å². The first kappa shape index (κ1) is 15.2. The van der Waals surface area contributed by atoms with Gasteiger partial charge < -0.3 is 10.1 Å². The van der Waals surface area contributed by atoms with E-state index in [2.05, 4.69) is 47.2 Å². The summed E-state index contributed by atoms with van der Waals surface area (Å²) in [5.74, 6) is 0. The zero-order chi connectivity index (χ0) is 12.5. The van der Waals surface area contributed by atoms with Gasteiger partial charge in [-0.15, -0.1) is 11.3 Å². The van der Waals surface area contributed by atoms with E-state index in [0.717, 1.165) is 32.6 Å². The standard InChI is InChI=1S/C13H22BrNOS/c1-3-7-15-11(10-16-8-4-2)9-12-5-6-13(14)17-12/h5-6,11,15H,3-4,7-10H2,1-2H3. The first-order valence-corrected chi connectivity index (χ1v) is 7.92. The van der Waals surface area contributed by atoms with Gasteiger partial charge in [-0.1, -0.05) is 13.8 Å². The van der Waals surface area contributed by atoms with Crippen LogP contribution in [0.25, 0.3) is 0 Å². The molecule has 0 aliphatic rings. The van der Waals surface area contributed by atoms with Crippen molar-refractivity contribution in [1.82, 2.24) is 5.32 Å². The van der Waals surface area contributed by atoms with E-state index in [4.69, 9.17) is 4.74 Å². The van der Waals surface area contributed by atoms with E-state index in [1.807, 2.05) is 11.3 Å². The summed E-state index contributed by atoms with van der Waals surface area (Å²) in [4.78, 5) is 1.41. The zero-order valence-electron chi connectivity index (χ0n) is 10.7. The number of thiophene rings is 1. The Morgan fingerprint density at radius 3 is 2.76 bits per heavy atom. The van der Waals surface area contributed by atoms with Crippen LogP contribution in [0.1, 0.15) is 31.6 Å². The highest BCUT2D eigenvalue weighted by Crippen LogP contribution is 2.23. The second kappa shape index (κ2) is 9.09. The molecule has 0 aliphatic heterocycles. The molecule has 1 heterocycles. The fourth-order valence-corrected chi connectivity index (χ4v) is 3.18. The predicted octanol–water partition coefficient (Wildman–Crippen LogP) is 3.85. The van der Waals surface area contributed by atoms with Crippen LogP contribution < -0.4 is 5.32 Å². The predicted molar refractivity (Wildman–Crippen MR) is 78.9 cm³/mol. The number of rotatable bonds is 9. The van der Waals surface area contributed by atoms with Crippen LogP contribution in [-0.2, 0) is 11.2 Å². The summed E-state index contributed by atoms with van der Waals surface area (Å²) in [6, 6.07) is 4.74. The molecule has 1 rings (SSSR count). The Bertz CT molecular complexity index is 303. The van der Waals surface area contributed by atoms with Crippen LogP contribution >= 0.6 is 27.3 Å². The molecule has 2 nitrogen and oxygen atoms in total. The lowest BCUT2D eigenvalue weighted by atomic mass is 10.2. The highest BCUT2D eigenvalue weighted by Gasteiger charge is 2.10. The fourth-order valence-electron chi connectivity index (χ4n) is 1.61. The van der Waals surface area contributed by atoms with Crippen molar-refractivity contribution in [3.8, 4) is 0 Å². The third-order valence-electron chi connectivity index (χ3n) is 2.43. The molecule has 1 aromatic rings. The summed E-state index contributed by atoms with van der Waals surface area (Å²) in [7, 11) is 0. The fraction of sp³-hybridized carbons (Fsp3) is 0.692. The first-order chi connectivity index (χ1) is 8.26. The quantitative estimate of drug-likeness (QED) is 0.698. The Hall–Kier alpha value is 0.1000. The summed E-state index contributed by atoms with van der Waals surface area (Å²) in [6.45, 7) is 7.07. The van der Waals surface area contributed by atoms with E-state index in [1.54, 1.807) is 0 Å². The number of halogens is 1. The highest BCUT2D eigenvalue weighted by molar-refractivity contribution is 9.11. The molecule has 0 fully saturated rings. The Morgan fingerprint density at radius 1 is 1.35 bits per heavy atom. The lowest BCUT2D eigenvalue weighted by Crippen LogP contribution is -2.35. The summed E-state index contributed by atoms with van der Waals surface area (Å²) in [5, 5.41) is 3.55. The van der Waals surface area contributed by atoms with Gasteiger partial charge in [0.2, 0.25) is 0 Å². The second-order valence-corrected chi connectivity index (χ2v) is 6.68. The third kappa shape index (κ3) is 6.55. The number of nitrogens with one attached hydrogen (secondary N) is 1. The largest absolute Gasteiger partial charge is 0.380 e. The molecule has 0 spiro atoms. The molecule has 0 saturated heterocycles. The molecule has 1 atom stereocenters. The minimum atomic E-state index is 0.437. The number of ether oxygens (including phenoxy) is 1. The molecule has 1 N–H and O–H groups in total. The maximum atomic E-state index is 5.65. The molecule has 0 saturated carbocycles. The molecule has 0 bridgehead atoms. The first-order valence-electron chi connectivity index (χ1n) is 6.31. The van der Waals surface area contributed by atoms with Gasteiger partial charge in [0.1, 0.15) is 0 Å². The lowest BCUT2D eigenvalue weighted by Gasteiger charge is -2.17. The zero-order valence-corrected chi connectivity index (χ0v) is 13.1. The van der Waals surface area contributed by atoms with Crippen LogP contribution in [0.2, 0.25) is 0 Å². The average Bonchev–Trinajstić information content (AvgIpc) is 2.72. The van der Waals surface area contributed by atoms with Crippen LogP contribution in [0.15, 0.2) is 15.9 Å². The Morgan fingerprint density at radius 2 is 2.18 bits per heavy atom. The van der Waals surface area contributed by atoms with Crippen LogP contribution in [0, 0.1) is 0 Å². The molecule has 0 radical (unpaired) electrons. The van der Waals surface area contributed by atoms with E-state index >= 15 is 0 Å². The van der Waals surface area contributed by atoms with Crippen molar-refractivity contribution in [2.24, 2.45) is 0 Å². The van der Waals surface area contributed by atoms with Gasteiger partial charge >= 0.3 is 0 Å². The molecule has 1 unspecified atom stereocenters. The minimum Gasteiger partial charge on any atom is -0.380 e. The molecule has 4 heteroatoms. The lowest BCUT2D eigenvalue weighted by molar-refractivity contribution is 0.112. The van der Waals surface area contributed by atoms with Crippen LogP contribution in [0.3, 0.4) is 0 Å². The van der Waals surface area contributed by atoms with Gasteiger partial charge in [-0.3, -0.25) is 0 Å². The maximum Gasteiger partial charge on any atom is 0.0701 e. The van der Waals surface area contributed by atoms with Crippen molar-refractivity contribution in [2.45, 2.75) is 39.2 Å². The average molecular weight is 320 g/mol. The molecule has 17 heavy (non-hydrogen) atoms. The smallest absolute Gasteiger partial charge is 0.0701 e. The molecular formula is C13H22BrNOS. The molecular weight excluding hydrogens is 298 g/mol. The van der Waals surface area contributed by atoms with Gasteiger partial charge in [0.05, 0.1) is 10.4 Å². The van der Waals surface area contributed by atoms with E-state index < -0.39 is 0 Å². The van der Waals surface area contributed by atoms with Crippen LogP contribution in [0.5, 0.6) is 0 Å². The molecule has 0 aromatic carbocycles. The molecule has 98 valence electrons. The van der Waals surface area contributed by atoms with Gasteiger partial charge in [-0.25, -0.2) is 0 Å². The van der Waals surface area contributed by atoms with Crippen molar-refractivity contribution in [3.05, 3.63) is 20.8 Å². The Kier molecular flexibility index (Phi) is 8.10. The SMILES string of the molecule is CCCNC(COCCC)Cc1ccc(Br)s1. The van der Waals surface area contributed by atoms with E-state index in [-0.39, 0.29) is 0 Å². The molecule has 0 amide bonds. The van der Waals surface area contributed by atoms with Crippen LogP contribution in [0.4, 0.5) is 0 Å². The Labute approximate surface area is 117 Å². The number of hydrogen-bond donors (Lipinski definition) is 1. The Balaban J connectivity index is 2.38. The molecule has 1 aromatic heterocycles. The van der Waals surface area contributed by atoms with E-state index in [0.29, 0.717) is 6.04 Å². The third-order valence-corrected chi connectivity index (χ3v) is 4.07. The summed E-state index contributed by atoms with van der Waals surface area (Å²) < 4.78 is 6.86. The van der Waals surface area contributed by atoms with Gasteiger partial charge in [-0.2, -0.15) is 0 Å². The summed E-state index contributed by atoms with van der Waals surface area (Å²) in [5.41, 5.74) is 0. The van der Waals surface area contributed by atoms with Crippen molar-refractivity contribution < 1.29 is 4.74 Å². The monoisotopic (exact) mass is 319 g/mol. The van der Waals surface area contributed by atoms with Crippen molar-refractivity contribution in [1.29, 1.82) is 0 Å². The van der Waals surface area contributed by atoms with Gasteiger partial charge in [-0.05, 0) is 53.9 Å². The van der Waals surface area contributed by atoms with Crippen molar-refractivity contribution in [3.63, 3.8) is 0 Å². The van der Waals surface area contributed by atoms with E-state index in [1.165, 1.54) is 15.1 Å². The minimum absolute atomic E-state index is 0.437. The topological polar surface area (TPSA) is 21.3 Å².